The molecule has 0 aliphatic heterocycles. The van der Waals surface area contributed by atoms with Gasteiger partial charge in [-0.05, 0) is 50.2 Å². The van der Waals surface area contributed by atoms with Gasteiger partial charge < -0.3 is 20.6 Å². The lowest BCUT2D eigenvalue weighted by atomic mass is 10.1. The number of aryl methyl sites for hydroxylation is 1. The van der Waals surface area contributed by atoms with Crippen LogP contribution in [-0.4, -0.2) is 35.5 Å². The summed E-state index contributed by atoms with van der Waals surface area (Å²) in [5, 5.41) is 8.40. The van der Waals surface area contributed by atoms with Crippen molar-refractivity contribution < 1.29 is 9.18 Å². The fraction of sp³-hybridized carbons (Fsp3) is 0.286. The second-order valence-corrected chi connectivity index (χ2v) is 6.62. The zero-order chi connectivity index (χ0) is 19.6. The number of fused-ring (bicyclic) bond motifs is 1. The van der Waals surface area contributed by atoms with E-state index in [2.05, 4.69) is 27.2 Å². The van der Waals surface area contributed by atoms with Crippen molar-refractivity contribution in [2.45, 2.75) is 20.8 Å². The highest BCUT2D eigenvalue weighted by Gasteiger charge is 2.17. The Hall–Kier alpha value is -2.86. The molecule has 4 N–H and O–H groups in total. The minimum Gasteiger partial charge on any atom is -0.358 e. The first kappa shape index (κ1) is 18.9. The molecular formula is C21H25FN4O. The molecule has 0 unspecified atom stereocenters. The van der Waals surface area contributed by atoms with Gasteiger partial charge in [0, 0.05) is 45.9 Å². The quantitative estimate of drug-likeness (QED) is 0.501. The Kier molecular flexibility index (Phi) is 5.46. The number of H-pyrrole nitrogens is 2. The fourth-order valence-electron chi connectivity index (χ4n) is 3.34. The second kappa shape index (κ2) is 7.80. The molecule has 3 aromatic rings. The van der Waals surface area contributed by atoms with Gasteiger partial charge in [0.2, 0.25) is 0 Å². The number of halogens is 1. The van der Waals surface area contributed by atoms with E-state index >= 15 is 0 Å². The standard InChI is InChI=1S/C21H25FN4O/c1-5-23-8-9-24-21(27)20-12(2)19(26-14(20)4)11-16-13(3)25-18-7-6-15(22)10-17(16)18/h6-7,10-11,23,25-26H,3,5,8-9H2,1-2,4H3,(H,24,27)/b16-11+. The monoisotopic (exact) mass is 368 g/mol. The highest BCUT2D eigenvalue weighted by atomic mass is 19.1. The molecule has 27 heavy (non-hydrogen) atoms. The first-order valence-electron chi connectivity index (χ1n) is 9.08. The van der Waals surface area contributed by atoms with Gasteiger partial charge in [0.25, 0.3) is 5.91 Å². The lowest BCUT2D eigenvalue weighted by molar-refractivity contribution is 0.0953. The first-order valence-corrected chi connectivity index (χ1v) is 9.08. The van der Waals surface area contributed by atoms with Gasteiger partial charge in [-0.25, -0.2) is 4.39 Å². The van der Waals surface area contributed by atoms with Crippen LogP contribution in [0, 0.1) is 19.7 Å². The third kappa shape index (κ3) is 3.80. The number of hydrogen-bond acceptors (Lipinski definition) is 2. The normalized spacial score (nSPS) is 12.1. The molecule has 0 atom stereocenters. The van der Waals surface area contributed by atoms with Gasteiger partial charge in [-0.2, -0.15) is 0 Å². The largest absolute Gasteiger partial charge is 0.358 e. The SMILES string of the molecule is C=c1[nH]c2ccc(F)cc2/c1=C/c1[nH]c(C)c(C(=O)NCCNCC)c1C. The number of aromatic amines is 2. The van der Waals surface area contributed by atoms with E-state index in [0.29, 0.717) is 17.5 Å². The van der Waals surface area contributed by atoms with E-state index in [4.69, 9.17) is 0 Å². The summed E-state index contributed by atoms with van der Waals surface area (Å²) < 4.78 is 13.7. The van der Waals surface area contributed by atoms with Crippen LogP contribution < -0.4 is 21.2 Å². The second-order valence-electron chi connectivity index (χ2n) is 6.62. The minimum atomic E-state index is -0.295. The van der Waals surface area contributed by atoms with E-state index < -0.39 is 0 Å². The van der Waals surface area contributed by atoms with Crippen LogP contribution in [0.25, 0.3) is 23.6 Å². The average Bonchev–Trinajstić information content (AvgIpc) is 3.08. The summed E-state index contributed by atoms with van der Waals surface area (Å²) >= 11 is 0. The van der Waals surface area contributed by atoms with Gasteiger partial charge in [-0.3, -0.25) is 4.79 Å². The Morgan fingerprint density at radius 2 is 2.04 bits per heavy atom. The summed E-state index contributed by atoms with van der Waals surface area (Å²) in [6.45, 7) is 12.0. The molecule has 2 heterocycles. The topological polar surface area (TPSA) is 72.7 Å². The highest BCUT2D eigenvalue weighted by Crippen LogP contribution is 2.18. The molecule has 2 aromatic heterocycles. The minimum absolute atomic E-state index is 0.0985. The molecule has 0 radical (unpaired) electrons. The van der Waals surface area contributed by atoms with Crippen LogP contribution in [0.5, 0.6) is 0 Å². The number of carbonyl (C=O) groups is 1. The first-order chi connectivity index (χ1) is 12.9. The van der Waals surface area contributed by atoms with Gasteiger partial charge in [0.1, 0.15) is 5.82 Å². The number of benzene rings is 1. The molecule has 142 valence electrons. The Balaban J connectivity index is 1.99. The van der Waals surface area contributed by atoms with Crippen molar-refractivity contribution in [1.29, 1.82) is 0 Å². The Morgan fingerprint density at radius 3 is 2.78 bits per heavy atom. The summed E-state index contributed by atoms with van der Waals surface area (Å²) in [6, 6.07) is 4.61. The zero-order valence-corrected chi connectivity index (χ0v) is 15.9. The van der Waals surface area contributed by atoms with Gasteiger partial charge in [0.05, 0.1) is 5.56 Å². The van der Waals surface area contributed by atoms with E-state index in [1.54, 1.807) is 6.07 Å². The van der Waals surface area contributed by atoms with Crippen molar-refractivity contribution >= 4 is 29.5 Å². The molecule has 0 spiro atoms. The maximum absolute atomic E-state index is 13.7. The summed E-state index contributed by atoms with van der Waals surface area (Å²) in [5.74, 6) is -0.394. The molecule has 1 aromatic carbocycles. The van der Waals surface area contributed by atoms with Crippen LogP contribution in [0.3, 0.4) is 0 Å². The average molecular weight is 368 g/mol. The molecule has 0 fully saturated rings. The van der Waals surface area contributed by atoms with E-state index in [1.807, 2.05) is 26.8 Å². The number of amides is 1. The number of carbonyl (C=O) groups excluding carboxylic acids is 1. The highest BCUT2D eigenvalue weighted by molar-refractivity contribution is 5.98. The van der Waals surface area contributed by atoms with E-state index in [-0.39, 0.29) is 11.7 Å². The number of hydrogen-bond donors (Lipinski definition) is 4. The number of aromatic nitrogens is 2. The third-order valence-corrected chi connectivity index (χ3v) is 4.71. The summed E-state index contributed by atoms with van der Waals surface area (Å²) in [6.07, 6.45) is 1.92. The predicted molar refractivity (Wildman–Crippen MR) is 108 cm³/mol. The van der Waals surface area contributed by atoms with Gasteiger partial charge in [0.15, 0.2) is 0 Å². The molecule has 1 amide bonds. The maximum Gasteiger partial charge on any atom is 0.253 e. The van der Waals surface area contributed by atoms with Gasteiger partial charge in [-0.15, -0.1) is 0 Å². The van der Waals surface area contributed by atoms with Crippen molar-refractivity contribution in [3.63, 3.8) is 0 Å². The molecule has 0 bridgehead atoms. The zero-order valence-electron chi connectivity index (χ0n) is 15.9. The Labute approximate surface area is 157 Å². The number of likely N-dealkylation sites (N-methyl/N-ethyl adjacent to an activating group) is 1. The summed E-state index contributed by atoms with van der Waals surface area (Å²) in [4.78, 5) is 19.0. The van der Waals surface area contributed by atoms with Crippen molar-refractivity contribution in [2.24, 2.45) is 0 Å². The van der Waals surface area contributed by atoms with E-state index in [1.165, 1.54) is 12.1 Å². The summed E-state index contributed by atoms with van der Waals surface area (Å²) in [7, 11) is 0. The molecule has 5 nitrogen and oxygen atoms in total. The van der Waals surface area contributed by atoms with Gasteiger partial charge >= 0.3 is 0 Å². The van der Waals surface area contributed by atoms with E-state index in [9.17, 15) is 9.18 Å². The van der Waals surface area contributed by atoms with Crippen molar-refractivity contribution in [2.75, 3.05) is 19.6 Å². The van der Waals surface area contributed by atoms with E-state index in [0.717, 1.165) is 46.2 Å². The van der Waals surface area contributed by atoms with Crippen LogP contribution in [0.1, 0.15) is 34.2 Å². The predicted octanol–water partition coefficient (Wildman–Crippen LogP) is 1.83. The van der Waals surface area contributed by atoms with Crippen LogP contribution in [-0.2, 0) is 0 Å². The van der Waals surface area contributed by atoms with Crippen molar-refractivity contribution in [3.05, 3.63) is 57.1 Å². The van der Waals surface area contributed by atoms with Crippen LogP contribution in [0.15, 0.2) is 18.2 Å². The molecule has 3 rings (SSSR count). The van der Waals surface area contributed by atoms with Crippen molar-refractivity contribution in [3.8, 4) is 0 Å². The molecule has 0 aliphatic rings. The smallest absolute Gasteiger partial charge is 0.253 e. The molecule has 0 aliphatic carbocycles. The molecule has 0 saturated carbocycles. The van der Waals surface area contributed by atoms with Crippen LogP contribution in [0.4, 0.5) is 4.39 Å². The lowest BCUT2D eigenvalue weighted by Gasteiger charge is -2.06. The summed E-state index contributed by atoms with van der Waals surface area (Å²) in [5.41, 5.74) is 3.96. The Morgan fingerprint density at radius 1 is 1.26 bits per heavy atom. The lowest BCUT2D eigenvalue weighted by Crippen LogP contribution is -2.32. The fourth-order valence-corrected chi connectivity index (χ4v) is 3.34. The van der Waals surface area contributed by atoms with Crippen LogP contribution in [0.2, 0.25) is 0 Å². The third-order valence-electron chi connectivity index (χ3n) is 4.71. The molecular weight excluding hydrogens is 343 g/mol. The maximum atomic E-state index is 13.7. The number of rotatable bonds is 6. The van der Waals surface area contributed by atoms with Gasteiger partial charge in [-0.1, -0.05) is 13.5 Å². The Bertz CT molecular complexity index is 1090. The van der Waals surface area contributed by atoms with Crippen LogP contribution >= 0.6 is 0 Å². The molecule has 6 heteroatoms. The number of nitrogens with one attached hydrogen (secondary N) is 4. The molecule has 0 saturated heterocycles. The van der Waals surface area contributed by atoms with Crippen molar-refractivity contribution in [1.82, 2.24) is 20.6 Å².